The van der Waals surface area contributed by atoms with Gasteiger partial charge in [0, 0.05) is 43.2 Å². The number of aryl methyl sites for hydroxylation is 1. The molecule has 192 valence electrons. The number of para-hydroxylation sites is 1. The van der Waals surface area contributed by atoms with Crippen molar-refractivity contribution >= 4 is 23.3 Å². The van der Waals surface area contributed by atoms with Crippen LogP contribution in [0.15, 0.2) is 54.9 Å². The van der Waals surface area contributed by atoms with Crippen LogP contribution in [0.3, 0.4) is 0 Å². The zero-order valence-corrected chi connectivity index (χ0v) is 20.7. The highest BCUT2D eigenvalue weighted by Crippen LogP contribution is 2.61. The lowest BCUT2D eigenvalue weighted by Crippen LogP contribution is -2.52. The van der Waals surface area contributed by atoms with Gasteiger partial charge in [-0.25, -0.2) is 4.98 Å². The summed E-state index contributed by atoms with van der Waals surface area (Å²) < 4.78 is 13.0. The van der Waals surface area contributed by atoms with Crippen LogP contribution in [-0.2, 0) is 16.6 Å². The van der Waals surface area contributed by atoms with Crippen LogP contribution in [0.1, 0.15) is 34.8 Å². The third-order valence-electron chi connectivity index (χ3n) is 7.63. The van der Waals surface area contributed by atoms with E-state index in [4.69, 9.17) is 9.47 Å². The molecule has 1 aromatic carbocycles. The van der Waals surface area contributed by atoms with E-state index in [2.05, 4.69) is 25.6 Å². The molecule has 0 bridgehead atoms. The number of carbonyl (C=O) groups is 2. The molecular weight excluding hydrogens is 472 g/mol. The number of hydrogen-bond donors (Lipinski definition) is 2. The molecule has 2 aliphatic heterocycles. The van der Waals surface area contributed by atoms with E-state index in [9.17, 15) is 9.59 Å². The van der Waals surface area contributed by atoms with Crippen LogP contribution < -0.4 is 20.3 Å². The fourth-order valence-corrected chi connectivity index (χ4v) is 5.43. The van der Waals surface area contributed by atoms with Gasteiger partial charge in [0.15, 0.2) is 0 Å². The normalized spacial score (nSPS) is 20.5. The first-order valence-electron chi connectivity index (χ1n) is 12.6. The minimum Gasteiger partial charge on any atom is -0.493 e. The maximum atomic E-state index is 13.9. The lowest BCUT2D eigenvalue weighted by atomic mass is 9.76. The fraction of sp³-hybridized carbons (Fsp3) is 0.407. The highest BCUT2D eigenvalue weighted by Gasteiger charge is 2.57. The number of carbonyl (C=O) groups excluding carboxylic acids is 2. The van der Waals surface area contributed by atoms with Crippen molar-refractivity contribution in [3.05, 3.63) is 66.1 Å². The number of pyridine rings is 1. The number of morpholine rings is 1. The Morgan fingerprint density at radius 1 is 1.11 bits per heavy atom. The summed E-state index contributed by atoms with van der Waals surface area (Å²) >= 11 is 0. The SMILES string of the molecule is Cn1nccc1C(=O)N[C@H](C(=O)Nc1ccc(N2CCOCC2)nc1)C1c2ccccc2OCC12CC2. The van der Waals surface area contributed by atoms with Crippen LogP contribution in [0.2, 0.25) is 0 Å². The molecule has 1 spiro atoms. The lowest BCUT2D eigenvalue weighted by Gasteiger charge is -2.38. The Hall–Kier alpha value is -3.92. The van der Waals surface area contributed by atoms with Crippen molar-refractivity contribution in [3.63, 3.8) is 0 Å². The second-order valence-electron chi connectivity index (χ2n) is 9.95. The van der Waals surface area contributed by atoms with Crippen LogP contribution >= 0.6 is 0 Å². The zero-order chi connectivity index (χ0) is 25.4. The van der Waals surface area contributed by atoms with E-state index in [-0.39, 0.29) is 23.1 Å². The second-order valence-corrected chi connectivity index (χ2v) is 9.95. The topological polar surface area (TPSA) is 111 Å². The quantitative estimate of drug-likeness (QED) is 0.532. The molecule has 3 aliphatic rings. The molecule has 37 heavy (non-hydrogen) atoms. The minimum atomic E-state index is -0.811. The van der Waals surface area contributed by atoms with Gasteiger partial charge in [-0.15, -0.1) is 0 Å². The Morgan fingerprint density at radius 3 is 2.62 bits per heavy atom. The maximum absolute atomic E-state index is 13.9. The van der Waals surface area contributed by atoms with Crippen molar-refractivity contribution < 1.29 is 19.1 Å². The second kappa shape index (κ2) is 9.51. The highest BCUT2D eigenvalue weighted by atomic mass is 16.5. The van der Waals surface area contributed by atoms with Crippen molar-refractivity contribution in [2.24, 2.45) is 12.5 Å². The standard InChI is InChI=1S/C27H30N6O4/c1-32-20(8-11-29-32)25(34)31-24(23-19-4-2-3-5-21(19)37-17-27(23)9-10-27)26(35)30-18-6-7-22(28-16-18)33-12-14-36-15-13-33/h2-8,11,16,23-24H,9-10,12-15,17H2,1H3,(H,30,35)(H,31,34)/t23?,24-/m0/s1. The van der Waals surface area contributed by atoms with Crippen molar-refractivity contribution in [3.8, 4) is 5.75 Å². The predicted molar refractivity (Wildman–Crippen MR) is 137 cm³/mol. The van der Waals surface area contributed by atoms with Gasteiger partial charge in [0.05, 0.1) is 31.7 Å². The molecule has 2 amide bonds. The highest BCUT2D eigenvalue weighted by molar-refractivity contribution is 6.01. The molecule has 2 atom stereocenters. The number of nitrogens with zero attached hydrogens (tertiary/aromatic N) is 4. The molecule has 1 saturated carbocycles. The van der Waals surface area contributed by atoms with Crippen LogP contribution in [-0.4, -0.2) is 65.5 Å². The van der Waals surface area contributed by atoms with Crippen molar-refractivity contribution in [2.75, 3.05) is 43.1 Å². The van der Waals surface area contributed by atoms with Gasteiger partial charge >= 0.3 is 0 Å². The first-order valence-corrected chi connectivity index (χ1v) is 12.6. The Kier molecular flexibility index (Phi) is 6.03. The number of rotatable bonds is 6. The van der Waals surface area contributed by atoms with Gasteiger partial charge in [-0.2, -0.15) is 5.10 Å². The summed E-state index contributed by atoms with van der Waals surface area (Å²) in [6, 6.07) is 12.4. The summed E-state index contributed by atoms with van der Waals surface area (Å²) in [5.74, 6) is 0.743. The fourth-order valence-electron chi connectivity index (χ4n) is 5.43. The minimum absolute atomic E-state index is 0.186. The Bertz CT molecular complexity index is 1300. The lowest BCUT2D eigenvalue weighted by molar-refractivity contribution is -0.119. The molecule has 10 heteroatoms. The number of aromatic nitrogens is 3. The Labute approximate surface area is 215 Å². The largest absolute Gasteiger partial charge is 0.493 e. The van der Waals surface area contributed by atoms with Gasteiger partial charge in [0.2, 0.25) is 5.91 Å². The number of benzene rings is 1. The van der Waals surface area contributed by atoms with E-state index in [0.717, 1.165) is 43.1 Å². The molecule has 2 fully saturated rings. The van der Waals surface area contributed by atoms with Crippen LogP contribution in [0.25, 0.3) is 0 Å². The molecule has 0 radical (unpaired) electrons. The van der Waals surface area contributed by atoms with Gasteiger partial charge in [0.25, 0.3) is 5.91 Å². The van der Waals surface area contributed by atoms with Gasteiger partial charge < -0.3 is 25.0 Å². The van der Waals surface area contributed by atoms with Crippen LogP contribution in [0, 0.1) is 5.41 Å². The summed E-state index contributed by atoms with van der Waals surface area (Å²) in [6.45, 7) is 3.44. The van der Waals surface area contributed by atoms with Gasteiger partial charge in [0.1, 0.15) is 23.3 Å². The molecule has 2 N–H and O–H groups in total. The number of nitrogens with one attached hydrogen (secondary N) is 2. The van der Waals surface area contributed by atoms with Crippen LogP contribution in [0.4, 0.5) is 11.5 Å². The van der Waals surface area contributed by atoms with E-state index in [0.29, 0.717) is 31.2 Å². The van der Waals surface area contributed by atoms with E-state index in [1.165, 1.54) is 4.68 Å². The van der Waals surface area contributed by atoms with E-state index < -0.39 is 6.04 Å². The summed E-state index contributed by atoms with van der Waals surface area (Å²) in [7, 11) is 1.71. The number of anilines is 2. The van der Waals surface area contributed by atoms with Gasteiger partial charge in [-0.05, 0) is 37.1 Å². The number of amides is 2. The molecule has 1 unspecified atom stereocenters. The monoisotopic (exact) mass is 502 g/mol. The van der Waals surface area contributed by atoms with Crippen molar-refractivity contribution in [1.82, 2.24) is 20.1 Å². The number of hydrogen-bond acceptors (Lipinski definition) is 7. The molecule has 4 heterocycles. The Morgan fingerprint density at radius 2 is 1.92 bits per heavy atom. The number of fused-ring (bicyclic) bond motifs is 1. The first kappa shape index (κ1) is 23.5. The van der Waals surface area contributed by atoms with E-state index in [1.54, 1.807) is 25.5 Å². The van der Waals surface area contributed by atoms with Crippen molar-refractivity contribution in [2.45, 2.75) is 24.8 Å². The van der Waals surface area contributed by atoms with Crippen molar-refractivity contribution in [1.29, 1.82) is 0 Å². The summed E-state index contributed by atoms with van der Waals surface area (Å²) in [6.07, 6.45) is 5.10. The molecule has 10 nitrogen and oxygen atoms in total. The van der Waals surface area contributed by atoms with E-state index >= 15 is 0 Å². The summed E-state index contributed by atoms with van der Waals surface area (Å²) in [4.78, 5) is 33.9. The number of ether oxygens (including phenoxy) is 2. The average molecular weight is 503 g/mol. The van der Waals surface area contributed by atoms with E-state index in [1.807, 2.05) is 36.4 Å². The zero-order valence-electron chi connectivity index (χ0n) is 20.7. The maximum Gasteiger partial charge on any atom is 0.270 e. The molecule has 1 saturated heterocycles. The molecule has 3 aromatic rings. The average Bonchev–Trinajstić information content (AvgIpc) is 3.56. The predicted octanol–water partition coefficient (Wildman–Crippen LogP) is 2.35. The summed E-state index contributed by atoms with van der Waals surface area (Å²) in [5.41, 5.74) is 1.72. The molecule has 1 aliphatic carbocycles. The third kappa shape index (κ3) is 4.53. The Balaban J connectivity index is 1.29. The van der Waals surface area contributed by atoms with Gasteiger partial charge in [-0.3, -0.25) is 14.3 Å². The summed E-state index contributed by atoms with van der Waals surface area (Å²) in [5, 5.41) is 10.2. The third-order valence-corrected chi connectivity index (χ3v) is 7.63. The first-order chi connectivity index (χ1) is 18.0. The molecule has 6 rings (SSSR count). The van der Waals surface area contributed by atoms with Gasteiger partial charge in [-0.1, -0.05) is 18.2 Å². The van der Waals surface area contributed by atoms with Crippen LogP contribution in [0.5, 0.6) is 5.75 Å². The smallest absolute Gasteiger partial charge is 0.270 e. The molecule has 2 aromatic heterocycles. The molecular formula is C27H30N6O4.